The van der Waals surface area contributed by atoms with E-state index in [0.717, 1.165) is 34.9 Å². The zero-order chi connectivity index (χ0) is 20.7. The average molecular weight is 429 g/mol. The van der Waals surface area contributed by atoms with E-state index in [2.05, 4.69) is 16.9 Å². The second-order valence-electron chi connectivity index (χ2n) is 7.18. The molecule has 3 N–H and O–H groups in total. The summed E-state index contributed by atoms with van der Waals surface area (Å²) in [5, 5.41) is 1.72. The van der Waals surface area contributed by atoms with E-state index in [4.69, 9.17) is 5.73 Å². The Morgan fingerprint density at radius 1 is 0.966 bits per heavy atom. The molecule has 0 aromatic heterocycles. The van der Waals surface area contributed by atoms with Crippen LogP contribution in [0.25, 0.3) is 10.8 Å². The number of fused-ring (bicyclic) bond motifs is 1. The molecule has 0 bridgehead atoms. The Morgan fingerprint density at radius 2 is 1.66 bits per heavy atom. The lowest BCUT2D eigenvalue weighted by molar-refractivity contribution is 0.543. The Bertz CT molecular complexity index is 1040. The van der Waals surface area contributed by atoms with Gasteiger partial charge in [0.05, 0.1) is 4.90 Å². The summed E-state index contributed by atoms with van der Waals surface area (Å²) in [6.45, 7) is 2.55. The maximum Gasteiger partial charge on any atom is 0.241 e. The molecule has 0 unspecified atom stereocenters. The summed E-state index contributed by atoms with van der Waals surface area (Å²) in [6.07, 6.45) is 1.51. The number of hydrogen-bond donors (Lipinski definition) is 2. The molecule has 0 fully saturated rings. The molecule has 0 radical (unpaired) electrons. The van der Waals surface area contributed by atoms with Crippen LogP contribution >= 0.6 is 11.8 Å². The highest BCUT2D eigenvalue weighted by Gasteiger charge is 2.22. The van der Waals surface area contributed by atoms with E-state index in [0.29, 0.717) is 17.2 Å². The van der Waals surface area contributed by atoms with Crippen LogP contribution in [0.2, 0.25) is 0 Å². The molecule has 0 aliphatic heterocycles. The third-order valence-corrected chi connectivity index (χ3v) is 7.65. The third kappa shape index (κ3) is 5.82. The van der Waals surface area contributed by atoms with Crippen LogP contribution in [-0.2, 0) is 15.8 Å². The lowest BCUT2D eigenvalue weighted by Gasteiger charge is -2.19. The fourth-order valence-electron chi connectivity index (χ4n) is 3.37. The van der Waals surface area contributed by atoms with Crippen LogP contribution in [0.3, 0.4) is 0 Å². The Morgan fingerprint density at radius 3 is 2.38 bits per heavy atom. The zero-order valence-electron chi connectivity index (χ0n) is 16.7. The van der Waals surface area contributed by atoms with Crippen molar-refractivity contribution < 1.29 is 8.42 Å². The Hall–Kier alpha value is -1.86. The van der Waals surface area contributed by atoms with Crippen molar-refractivity contribution in [3.05, 3.63) is 77.9 Å². The van der Waals surface area contributed by atoms with Crippen LogP contribution in [0.15, 0.2) is 71.6 Å². The van der Waals surface area contributed by atoms with Gasteiger partial charge in [-0.25, -0.2) is 13.1 Å². The quantitative estimate of drug-likeness (QED) is 0.500. The standard InChI is InChI=1S/C23H28N2O2S2/c1-18-13-14-23(22-12-6-5-11-21(18)22)29(26,27)25-20(10-7-15-24)17-28-16-19-8-3-2-4-9-19/h2-6,8-9,11-14,20,25H,7,10,15-17,24H2,1H3/t20-/m0/s1. The first kappa shape index (κ1) is 21.8. The lowest BCUT2D eigenvalue weighted by atomic mass is 10.1. The summed E-state index contributed by atoms with van der Waals surface area (Å²) in [7, 11) is -3.63. The lowest BCUT2D eigenvalue weighted by Crippen LogP contribution is -2.37. The summed E-state index contributed by atoms with van der Waals surface area (Å²) in [6, 6.07) is 21.3. The van der Waals surface area contributed by atoms with Gasteiger partial charge in [-0.15, -0.1) is 0 Å². The van der Waals surface area contributed by atoms with Gasteiger partial charge in [0.15, 0.2) is 0 Å². The second-order valence-corrected chi connectivity index (χ2v) is 9.89. The minimum Gasteiger partial charge on any atom is -0.330 e. The SMILES string of the molecule is Cc1ccc(S(=O)(=O)N[C@@H](CCCN)CSCc2ccccc2)c2ccccc12. The number of nitrogens with two attached hydrogens (primary N) is 1. The van der Waals surface area contributed by atoms with Crippen molar-refractivity contribution in [3.63, 3.8) is 0 Å². The van der Waals surface area contributed by atoms with E-state index in [1.165, 1.54) is 5.56 Å². The molecule has 0 aliphatic rings. The molecule has 6 heteroatoms. The van der Waals surface area contributed by atoms with Crippen LogP contribution in [-0.4, -0.2) is 26.8 Å². The fraction of sp³-hybridized carbons (Fsp3) is 0.304. The minimum atomic E-state index is -3.63. The third-order valence-electron chi connectivity index (χ3n) is 4.90. The van der Waals surface area contributed by atoms with Gasteiger partial charge in [-0.1, -0.05) is 60.7 Å². The molecule has 154 valence electrons. The molecule has 3 aromatic carbocycles. The van der Waals surface area contributed by atoms with Gasteiger partial charge in [0.1, 0.15) is 0 Å². The van der Waals surface area contributed by atoms with E-state index in [1.807, 2.05) is 55.5 Å². The summed E-state index contributed by atoms with van der Waals surface area (Å²) in [4.78, 5) is 0.338. The molecule has 3 rings (SSSR count). The molecule has 1 atom stereocenters. The molecule has 4 nitrogen and oxygen atoms in total. The highest BCUT2D eigenvalue weighted by molar-refractivity contribution is 7.98. The highest BCUT2D eigenvalue weighted by atomic mass is 32.2. The van der Waals surface area contributed by atoms with E-state index in [-0.39, 0.29) is 6.04 Å². The van der Waals surface area contributed by atoms with Crippen LogP contribution in [0.5, 0.6) is 0 Å². The van der Waals surface area contributed by atoms with Crippen molar-refractivity contribution in [3.8, 4) is 0 Å². The highest BCUT2D eigenvalue weighted by Crippen LogP contribution is 2.26. The predicted molar refractivity (Wildman–Crippen MR) is 124 cm³/mol. The summed E-state index contributed by atoms with van der Waals surface area (Å²) in [5.74, 6) is 1.56. The number of aryl methyl sites for hydroxylation is 1. The molecule has 0 aliphatic carbocycles. The van der Waals surface area contributed by atoms with Crippen molar-refractivity contribution in [2.45, 2.75) is 36.5 Å². The van der Waals surface area contributed by atoms with Gasteiger partial charge in [-0.2, -0.15) is 11.8 Å². The van der Waals surface area contributed by atoms with Gasteiger partial charge in [-0.3, -0.25) is 0 Å². The van der Waals surface area contributed by atoms with Gasteiger partial charge in [-0.05, 0) is 48.9 Å². The number of sulfonamides is 1. The van der Waals surface area contributed by atoms with Gasteiger partial charge >= 0.3 is 0 Å². The normalized spacial score (nSPS) is 12.9. The van der Waals surface area contributed by atoms with E-state index >= 15 is 0 Å². The maximum atomic E-state index is 13.2. The zero-order valence-corrected chi connectivity index (χ0v) is 18.3. The predicted octanol–water partition coefficient (Wildman–Crippen LogP) is 4.47. The van der Waals surface area contributed by atoms with Crippen LogP contribution in [0, 0.1) is 6.92 Å². The largest absolute Gasteiger partial charge is 0.330 e. The van der Waals surface area contributed by atoms with Crippen LogP contribution in [0.1, 0.15) is 24.0 Å². The van der Waals surface area contributed by atoms with Gasteiger partial charge in [0.25, 0.3) is 0 Å². The summed E-state index contributed by atoms with van der Waals surface area (Å²) < 4.78 is 29.4. The second kappa shape index (κ2) is 10.3. The first-order valence-corrected chi connectivity index (χ1v) is 12.5. The van der Waals surface area contributed by atoms with E-state index < -0.39 is 10.0 Å². The number of benzene rings is 3. The minimum absolute atomic E-state index is 0.155. The Balaban J connectivity index is 1.76. The molecule has 3 aromatic rings. The average Bonchev–Trinajstić information content (AvgIpc) is 2.73. The van der Waals surface area contributed by atoms with Crippen molar-refractivity contribution in [2.24, 2.45) is 5.73 Å². The van der Waals surface area contributed by atoms with Crippen LogP contribution in [0.4, 0.5) is 0 Å². The molecular weight excluding hydrogens is 400 g/mol. The fourth-order valence-corrected chi connectivity index (χ4v) is 6.04. The summed E-state index contributed by atoms with van der Waals surface area (Å²) in [5.41, 5.74) is 7.98. The molecule has 0 heterocycles. The molecule has 0 saturated heterocycles. The monoisotopic (exact) mass is 428 g/mol. The topological polar surface area (TPSA) is 72.2 Å². The number of nitrogens with one attached hydrogen (secondary N) is 1. The first-order chi connectivity index (χ1) is 14.0. The Kier molecular flexibility index (Phi) is 7.72. The van der Waals surface area contributed by atoms with Gasteiger partial charge < -0.3 is 5.73 Å². The van der Waals surface area contributed by atoms with E-state index in [1.54, 1.807) is 17.8 Å². The van der Waals surface area contributed by atoms with Crippen molar-refractivity contribution in [1.82, 2.24) is 4.72 Å². The molecule has 0 spiro atoms. The molecule has 0 amide bonds. The van der Waals surface area contributed by atoms with Gasteiger partial charge in [0.2, 0.25) is 10.0 Å². The van der Waals surface area contributed by atoms with Crippen molar-refractivity contribution >= 4 is 32.6 Å². The maximum absolute atomic E-state index is 13.2. The number of hydrogen-bond acceptors (Lipinski definition) is 4. The molecule has 0 saturated carbocycles. The number of rotatable bonds is 10. The van der Waals surface area contributed by atoms with E-state index in [9.17, 15) is 8.42 Å². The van der Waals surface area contributed by atoms with Crippen LogP contribution < -0.4 is 10.5 Å². The van der Waals surface area contributed by atoms with Gasteiger partial charge in [0, 0.05) is 22.9 Å². The smallest absolute Gasteiger partial charge is 0.241 e. The van der Waals surface area contributed by atoms with Crippen molar-refractivity contribution in [1.29, 1.82) is 0 Å². The van der Waals surface area contributed by atoms with Crippen molar-refractivity contribution in [2.75, 3.05) is 12.3 Å². The number of thioether (sulfide) groups is 1. The summed E-state index contributed by atoms with van der Waals surface area (Å²) >= 11 is 1.74. The Labute approximate surface area is 177 Å². The first-order valence-electron chi connectivity index (χ1n) is 9.83. The molecule has 29 heavy (non-hydrogen) atoms. The molecular formula is C23H28N2O2S2.